The second-order valence-corrected chi connectivity index (χ2v) is 7.39. The van der Waals surface area contributed by atoms with Gasteiger partial charge in [0.15, 0.2) is 5.82 Å². The van der Waals surface area contributed by atoms with Crippen LogP contribution >= 0.6 is 10.7 Å². The largest absolute Gasteiger partial charge is 0.485 e. The van der Waals surface area contributed by atoms with Crippen molar-refractivity contribution in [2.45, 2.75) is 32.3 Å². The van der Waals surface area contributed by atoms with Gasteiger partial charge in [0.2, 0.25) is 0 Å². The van der Waals surface area contributed by atoms with Crippen molar-refractivity contribution in [2.24, 2.45) is 7.05 Å². The van der Waals surface area contributed by atoms with Crippen molar-refractivity contribution in [3.63, 3.8) is 0 Å². The van der Waals surface area contributed by atoms with E-state index < -0.39 is 9.05 Å². The van der Waals surface area contributed by atoms with E-state index in [0.717, 1.165) is 5.56 Å². The summed E-state index contributed by atoms with van der Waals surface area (Å²) in [5.41, 5.74) is 2.04. The fourth-order valence-corrected chi connectivity index (χ4v) is 3.39. The van der Waals surface area contributed by atoms with E-state index in [-0.39, 0.29) is 11.5 Å². The highest BCUT2D eigenvalue weighted by Crippen LogP contribution is 2.32. The summed E-state index contributed by atoms with van der Waals surface area (Å²) in [5.74, 6) is 1.32. The van der Waals surface area contributed by atoms with Gasteiger partial charge in [0.25, 0.3) is 9.05 Å². The molecule has 0 unspecified atom stereocenters. The van der Waals surface area contributed by atoms with E-state index in [1.807, 2.05) is 7.05 Å². The number of benzene rings is 1. The van der Waals surface area contributed by atoms with Crippen molar-refractivity contribution in [3.05, 3.63) is 34.9 Å². The quantitative estimate of drug-likeness (QED) is 0.804. The maximum atomic E-state index is 11.6. The van der Waals surface area contributed by atoms with E-state index in [2.05, 4.69) is 10.2 Å². The van der Waals surface area contributed by atoms with Crippen LogP contribution in [0.15, 0.2) is 17.3 Å². The lowest BCUT2D eigenvalue weighted by molar-refractivity contribution is 0.287. The van der Waals surface area contributed by atoms with Crippen LogP contribution in [0.2, 0.25) is 0 Å². The number of halogens is 1. The summed E-state index contributed by atoms with van der Waals surface area (Å²) in [4.78, 5) is 0.116. The van der Waals surface area contributed by atoms with Crippen LogP contribution in [0.1, 0.15) is 22.5 Å². The Bertz CT molecular complexity index is 784. The first-order chi connectivity index (χ1) is 9.71. The van der Waals surface area contributed by atoms with E-state index >= 15 is 0 Å². The molecule has 6 nitrogen and oxygen atoms in total. The van der Waals surface area contributed by atoms with Crippen molar-refractivity contribution in [3.8, 4) is 5.75 Å². The highest BCUT2D eigenvalue weighted by molar-refractivity contribution is 8.13. The minimum atomic E-state index is -3.77. The van der Waals surface area contributed by atoms with Crippen LogP contribution in [0.25, 0.3) is 0 Å². The molecule has 0 saturated carbocycles. The lowest BCUT2D eigenvalue weighted by Gasteiger charge is -2.16. The summed E-state index contributed by atoms with van der Waals surface area (Å²) in [6, 6.07) is 1.52. The van der Waals surface area contributed by atoms with Crippen LogP contribution in [-0.4, -0.2) is 23.2 Å². The monoisotopic (exact) mass is 329 g/mol. The Morgan fingerprint density at radius 1 is 1.29 bits per heavy atom. The number of aryl methyl sites for hydroxylation is 2. The Morgan fingerprint density at radius 3 is 2.48 bits per heavy atom. The van der Waals surface area contributed by atoms with E-state index in [1.54, 1.807) is 31.7 Å². The molecule has 0 atom stereocenters. The van der Waals surface area contributed by atoms with Crippen molar-refractivity contribution in [1.82, 2.24) is 14.8 Å². The van der Waals surface area contributed by atoms with Gasteiger partial charge < -0.3 is 9.30 Å². The summed E-state index contributed by atoms with van der Waals surface area (Å²) in [6.07, 6.45) is 1.59. The lowest BCUT2D eigenvalue weighted by atomic mass is 10.1. The molecule has 1 heterocycles. The zero-order chi connectivity index (χ0) is 15.8. The molecule has 0 aliphatic heterocycles. The predicted molar refractivity (Wildman–Crippen MR) is 79.0 cm³/mol. The SMILES string of the molecule is Cc1cc(S(=O)(=O)Cl)c(C)c(C)c1OCc1nncn1C. The molecule has 0 N–H and O–H groups in total. The number of hydrogen-bond donors (Lipinski definition) is 0. The van der Waals surface area contributed by atoms with Gasteiger partial charge in [-0.2, -0.15) is 0 Å². The second-order valence-electron chi connectivity index (χ2n) is 4.86. The minimum Gasteiger partial charge on any atom is -0.485 e. The maximum absolute atomic E-state index is 11.6. The first-order valence-corrected chi connectivity index (χ1v) is 8.54. The van der Waals surface area contributed by atoms with E-state index in [4.69, 9.17) is 15.4 Å². The van der Waals surface area contributed by atoms with E-state index in [9.17, 15) is 8.42 Å². The van der Waals surface area contributed by atoms with Crippen LogP contribution in [0.5, 0.6) is 5.75 Å². The standard InChI is InChI=1S/C13H16ClN3O3S/c1-8-5-11(21(14,18)19)9(2)10(3)13(8)20-6-12-16-15-7-17(12)4/h5,7H,6H2,1-4H3. The Morgan fingerprint density at radius 2 is 1.95 bits per heavy atom. The van der Waals surface area contributed by atoms with Crippen LogP contribution in [-0.2, 0) is 22.7 Å². The highest BCUT2D eigenvalue weighted by Gasteiger charge is 2.19. The molecular formula is C13H16ClN3O3S. The molecule has 0 saturated heterocycles. The molecule has 0 amide bonds. The summed E-state index contributed by atoms with van der Waals surface area (Å²) < 4.78 is 30.7. The molecule has 1 aromatic carbocycles. The second kappa shape index (κ2) is 5.65. The normalized spacial score (nSPS) is 11.7. The van der Waals surface area contributed by atoms with Crippen LogP contribution < -0.4 is 4.74 Å². The summed E-state index contributed by atoms with van der Waals surface area (Å²) in [5, 5.41) is 7.72. The molecule has 0 spiro atoms. The predicted octanol–water partition coefficient (Wildman–Crippen LogP) is 2.25. The van der Waals surface area contributed by atoms with Crippen LogP contribution in [0, 0.1) is 20.8 Å². The molecule has 0 aliphatic rings. The molecule has 2 rings (SSSR count). The van der Waals surface area contributed by atoms with Crippen molar-refractivity contribution in [1.29, 1.82) is 0 Å². The Hall–Kier alpha value is -1.60. The van der Waals surface area contributed by atoms with E-state index in [1.165, 1.54) is 6.07 Å². The molecule has 21 heavy (non-hydrogen) atoms. The van der Waals surface area contributed by atoms with Gasteiger partial charge in [0.05, 0.1) is 4.90 Å². The average molecular weight is 330 g/mol. The molecule has 8 heteroatoms. The Balaban J connectivity index is 2.38. The lowest BCUT2D eigenvalue weighted by Crippen LogP contribution is -2.07. The van der Waals surface area contributed by atoms with Gasteiger partial charge in [-0.05, 0) is 43.5 Å². The maximum Gasteiger partial charge on any atom is 0.261 e. The van der Waals surface area contributed by atoms with Gasteiger partial charge in [-0.25, -0.2) is 8.42 Å². The van der Waals surface area contributed by atoms with Crippen molar-refractivity contribution >= 4 is 19.7 Å². The third-order valence-electron chi connectivity index (χ3n) is 3.39. The molecule has 0 radical (unpaired) electrons. The number of hydrogen-bond acceptors (Lipinski definition) is 5. The third-order valence-corrected chi connectivity index (χ3v) is 4.84. The Kier molecular flexibility index (Phi) is 4.25. The molecule has 0 bridgehead atoms. The molecule has 0 fully saturated rings. The van der Waals surface area contributed by atoms with Crippen molar-refractivity contribution in [2.75, 3.05) is 0 Å². The number of rotatable bonds is 4. The van der Waals surface area contributed by atoms with Gasteiger partial charge in [-0.15, -0.1) is 10.2 Å². The molecule has 2 aromatic rings. The first-order valence-electron chi connectivity index (χ1n) is 6.23. The number of nitrogens with zero attached hydrogens (tertiary/aromatic N) is 3. The van der Waals surface area contributed by atoms with Crippen LogP contribution in [0.4, 0.5) is 0 Å². The van der Waals surface area contributed by atoms with Gasteiger partial charge in [0.1, 0.15) is 18.7 Å². The van der Waals surface area contributed by atoms with Crippen molar-refractivity contribution < 1.29 is 13.2 Å². The molecule has 1 aromatic heterocycles. The van der Waals surface area contributed by atoms with Gasteiger partial charge in [-0.3, -0.25) is 0 Å². The number of ether oxygens (including phenoxy) is 1. The van der Waals surface area contributed by atoms with E-state index in [0.29, 0.717) is 22.7 Å². The van der Waals surface area contributed by atoms with Crippen LogP contribution in [0.3, 0.4) is 0 Å². The fourth-order valence-electron chi connectivity index (χ4n) is 2.07. The third kappa shape index (κ3) is 3.19. The zero-order valence-corrected chi connectivity index (χ0v) is 13.8. The number of aromatic nitrogens is 3. The Labute approximate surface area is 128 Å². The minimum absolute atomic E-state index is 0.116. The molecule has 0 aliphatic carbocycles. The van der Waals surface area contributed by atoms with Gasteiger partial charge >= 0.3 is 0 Å². The smallest absolute Gasteiger partial charge is 0.261 e. The highest BCUT2D eigenvalue weighted by atomic mass is 35.7. The molecule has 114 valence electrons. The van der Waals surface area contributed by atoms with Gasteiger partial charge in [-0.1, -0.05) is 0 Å². The van der Waals surface area contributed by atoms with Gasteiger partial charge in [0, 0.05) is 17.7 Å². The zero-order valence-electron chi connectivity index (χ0n) is 12.2. The average Bonchev–Trinajstić information content (AvgIpc) is 2.78. The molecular weight excluding hydrogens is 314 g/mol. The summed E-state index contributed by atoms with van der Waals surface area (Å²) in [6.45, 7) is 5.55. The first kappa shape index (κ1) is 15.8. The summed E-state index contributed by atoms with van der Waals surface area (Å²) in [7, 11) is 3.51. The topological polar surface area (TPSA) is 74.1 Å². The fraction of sp³-hybridized carbons (Fsp3) is 0.385. The summed E-state index contributed by atoms with van der Waals surface area (Å²) >= 11 is 0.